The third-order valence-corrected chi connectivity index (χ3v) is 6.68. The topological polar surface area (TPSA) is 81.7 Å². The van der Waals surface area contributed by atoms with Crippen LogP contribution in [-0.2, 0) is 6.61 Å². The van der Waals surface area contributed by atoms with E-state index in [4.69, 9.17) is 20.9 Å². The average molecular weight is 478 g/mol. The summed E-state index contributed by atoms with van der Waals surface area (Å²) in [5.74, 6) is -0.451. The molecule has 6 nitrogen and oxygen atoms in total. The Labute approximate surface area is 201 Å². The monoisotopic (exact) mass is 477 g/mol. The second-order valence-electron chi connectivity index (χ2n) is 8.66. The van der Waals surface area contributed by atoms with E-state index in [1.54, 1.807) is 36.4 Å². The van der Waals surface area contributed by atoms with Crippen molar-refractivity contribution >= 4 is 28.5 Å². The van der Waals surface area contributed by atoms with Gasteiger partial charge in [-0.2, -0.15) is 4.74 Å². The standard InChI is InChI=1S/C27H24ClNO5/c28-24-12-9-19(14-23(24)27(31)32)18-6-4-5-17(13-18)16-33-21-10-11-22-25(15-21)34-29(26(22)30)20-7-2-1-3-8-20/h4-6,9-15,20H,1-3,7-8,16H2,(H,31,32). The first-order valence-corrected chi connectivity index (χ1v) is 11.8. The van der Waals surface area contributed by atoms with Gasteiger partial charge in [0.15, 0.2) is 5.58 Å². The average Bonchev–Trinajstić information content (AvgIpc) is 3.19. The molecule has 0 amide bonds. The fraction of sp³-hybridized carbons (Fsp3) is 0.259. The van der Waals surface area contributed by atoms with E-state index in [1.807, 2.05) is 24.3 Å². The maximum atomic E-state index is 12.8. The van der Waals surface area contributed by atoms with Crippen molar-refractivity contribution in [3.8, 4) is 16.9 Å². The molecule has 0 spiro atoms. The van der Waals surface area contributed by atoms with Gasteiger partial charge < -0.3 is 14.4 Å². The first-order valence-electron chi connectivity index (χ1n) is 11.4. The molecule has 1 N–H and O–H groups in total. The summed E-state index contributed by atoms with van der Waals surface area (Å²) in [6.45, 7) is 0.312. The predicted molar refractivity (Wildman–Crippen MR) is 131 cm³/mol. The Balaban J connectivity index is 1.34. The van der Waals surface area contributed by atoms with Crippen LogP contribution in [0.3, 0.4) is 0 Å². The highest BCUT2D eigenvalue weighted by Crippen LogP contribution is 2.30. The van der Waals surface area contributed by atoms with Crippen LogP contribution in [0, 0.1) is 0 Å². The number of halogens is 1. The smallest absolute Gasteiger partial charge is 0.337 e. The zero-order valence-electron chi connectivity index (χ0n) is 18.5. The van der Waals surface area contributed by atoms with Crippen molar-refractivity contribution in [2.45, 2.75) is 44.8 Å². The summed E-state index contributed by atoms with van der Waals surface area (Å²) in [5.41, 5.74) is 3.07. The molecule has 174 valence electrons. The number of rotatable bonds is 6. The summed E-state index contributed by atoms with van der Waals surface area (Å²) < 4.78 is 13.4. The quantitative estimate of drug-likeness (QED) is 0.334. The first-order chi connectivity index (χ1) is 16.5. The molecule has 1 aliphatic carbocycles. The van der Waals surface area contributed by atoms with Crippen LogP contribution in [0.4, 0.5) is 0 Å². The molecule has 7 heteroatoms. The van der Waals surface area contributed by atoms with E-state index in [9.17, 15) is 14.7 Å². The fourth-order valence-corrected chi connectivity index (χ4v) is 4.74. The molecule has 1 aromatic heterocycles. The minimum absolute atomic E-state index is 0.0655. The highest BCUT2D eigenvalue weighted by atomic mass is 35.5. The van der Waals surface area contributed by atoms with E-state index in [0.29, 0.717) is 23.3 Å². The molecular weight excluding hydrogens is 454 g/mol. The third-order valence-electron chi connectivity index (χ3n) is 6.35. The molecule has 34 heavy (non-hydrogen) atoms. The normalized spacial score (nSPS) is 14.4. The second kappa shape index (κ2) is 9.39. The van der Waals surface area contributed by atoms with Crippen LogP contribution in [0.1, 0.15) is 54.1 Å². The number of carboxylic acid groups (broad SMARTS) is 1. The number of nitrogens with zero attached hydrogens (tertiary/aromatic N) is 1. The molecule has 1 saturated carbocycles. The van der Waals surface area contributed by atoms with E-state index >= 15 is 0 Å². The minimum Gasteiger partial charge on any atom is -0.489 e. The van der Waals surface area contributed by atoms with Gasteiger partial charge in [-0.05, 0) is 59.9 Å². The summed E-state index contributed by atoms with van der Waals surface area (Å²) in [4.78, 5) is 24.2. The van der Waals surface area contributed by atoms with Gasteiger partial charge in [-0.3, -0.25) is 4.79 Å². The Hall–Kier alpha value is -3.51. The van der Waals surface area contributed by atoms with Crippen LogP contribution >= 0.6 is 11.6 Å². The van der Waals surface area contributed by atoms with Gasteiger partial charge in [0.25, 0.3) is 5.56 Å². The van der Waals surface area contributed by atoms with Gasteiger partial charge in [0.05, 0.1) is 22.0 Å². The minimum atomic E-state index is -1.06. The SMILES string of the molecule is O=C(O)c1cc(-c2cccc(COc3ccc4c(=O)n(C5CCCCC5)oc4c3)c2)ccc1Cl. The number of aromatic nitrogens is 1. The van der Waals surface area contributed by atoms with Crippen molar-refractivity contribution in [3.05, 3.63) is 87.2 Å². The van der Waals surface area contributed by atoms with Gasteiger partial charge in [0.2, 0.25) is 0 Å². The number of hydrogen-bond acceptors (Lipinski definition) is 4. The zero-order valence-corrected chi connectivity index (χ0v) is 19.3. The van der Waals surface area contributed by atoms with E-state index in [1.165, 1.54) is 11.2 Å². The maximum Gasteiger partial charge on any atom is 0.337 e. The zero-order chi connectivity index (χ0) is 23.7. The van der Waals surface area contributed by atoms with Gasteiger partial charge in [-0.25, -0.2) is 4.79 Å². The van der Waals surface area contributed by atoms with Crippen LogP contribution in [0.15, 0.2) is 70.0 Å². The molecule has 0 saturated heterocycles. The number of benzene rings is 3. The Morgan fingerprint density at radius 1 is 1.03 bits per heavy atom. The van der Waals surface area contributed by atoms with Crippen molar-refractivity contribution in [3.63, 3.8) is 0 Å². The highest BCUT2D eigenvalue weighted by Gasteiger charge is 2.21. The fourth-order valence-electron chi connectivity index (χ4n) is 4.54. The number of carboxylic acids is 1. The van der Waals surface area contributed by atoms with Crippen LogP contribution in [0.2, 0.25) is 5.02 Å². The molecule has 0 radical (unpaired) electrons. The number of carbonyl (C=O) groups is 1. The molecule has 5 rings (SSSR count). The van der Waals surface area contributed by atoms with E-state index in [-0.39, 0.29) is 22.2 Å². The lowest BCUT2D eigenvalue weighted by Gasteiger charge is -2.20. The number of fused-ring (bicyclic) bond motifs is 1. The molecule has 3 aromatic carbocycles. The van der Waals surface area contributed by atoms with Crippen molar-refractivity contribution in [2.75, 3.05) is 0 Å². The van der Waals surface area contributed by atoms with E-state index in [0.717, 1.165) is 42.4 Å². The van der Waals surface area contributed by atoms with Gasteiger partial charge in [0, 0.05) is 6.07 Å². The lowest BCUT2D eigenvalue weighted by atomic mass is 9.96. The van der Waals surface area contributed by atoms with Crippen LogP contribution in [0.25, 0.3) is 22.1 Å². The van der Waals surface area contributed by atoms with E-state index in [2.05, 4.69) is 0 Å². The van der Waals surface area contributed by atoms with Crippen molar-refractivity contribution in [1.82, 2.24) is 4.74 Å². The van der Waals surface area contributed by atoms with Crippen molar-refractivity contribution in [2.24, 2.45) is 0 Å². The molecule has 0 bridgehead atoms. The Bertz CT molecular complexity index is 1410. The summed E-state index contributed by atoms with van der Waals surface area (Å²) in [7, 11) is 0. The van der Waals surface area contributed by atoms with Gasteiger partial charge >= 0.3 is 5.97 Å². The van der Waals surface area contributed by atoms with E-state index < -0.39 is 5.97 Å². The number of aromatic carboxylic acids is 1. The molecule has 0 atom stereocenters. The molecule has 0 aliphatic heterocycles. The molecule has 1 aliphatic rings. The van der Waals surface area contributed by atoms with Crippen LogP contribution < -0.4 is 10.3 Å². The summed E-state index contributed by atoms with van der Waals surface area (Å²) in [6, 6.07) is 18.1. The predicted octanol–water partition coefficient (Wildman–Crippen LogP) is 6.70. The Kier molecular flexibility index (Phi) is 6.16. The largest absolute Gasteiger partial charge is 0.489 e. The van der Waals surface area contributed by atoms with Gasteiger partial charge in [-0.15, -0.1) is 0 Å². The van der Waals surface area contributed by atoms with Crippen LogP contribution in [0.5, 0.6) is 5.75 Å². The van der Waals surface area contributed by atoms with Crippen molar-refractivity contribution < 1.29 is 19.2 Å². The van der Waals surface area contributed by atoms with Crippen LogP contribution in [-0.4, -0.2) is 15.8 Å². The summed E-state index contributed by atoms with van der Waals surface area (Å²) in [5, 5.41) is 10.1. The Morgan fingerprint density at radius 2 is 1.82 bits per heavy atom. The molecule has 0 unspecified atom stereocenters. The lowest BCUT2D eigenvalue weighted by Crippen LogP contribution is -2.22. The summed E-state index contributed by atoms with van der Waals surface area (Å²) >= 11 is 5.99. The van der Waals surface area contributed by atoms with Gasteiger partial charge in [-0.1, -0.05) is 55.1 Å². The molecule has 1 fully saturated rings. The second-order valence-corrected chi connectivity index (χ2v) is 9.07. The van der Waals surface area contributed by atoms with Crippen molar-refractivity contribution in [1.29, 1.82) is 0 Å². The molecule has 1 heterocycles. The number of hydrogen-bond donors (Lipinski definition) is 1. The van der Waals surface area contributed by atoms with Gasteiger partial charge in [0.1, 0.15) is 12.4 Å². The molecular formula is C27H24ClNO5. The molecule has 4 aromatic rings. The highest BCUT2D eigenvalue weighted by molar-refractivity contribution is 6.33. The lowest BCUT2D eigenvalue weighted by molar-refractivity contribution is 0.0697. The summed E-state index contributed by atoms with van der Waals surface area (Å²) in [6.07, 6.45) is 5.40. The number of ether oxygens (including phenoxy) is 1. The first kappa shape index (κ1) is 22.3. The Morgan fingerprint density at radius 3 is 2.62 bits per heavy atom. The maximum absolute atomic E-state index is 12.8. The third kappa shape index (κ3) is 4.46.